The molecular formula is C20H24O5. The number of carbonyl (C=O) groups excluding carboxylic acids is 2. The van der Waals surface area contributed by atoms with Crippen LogP contribution >= 0.6 is 0 Å². The molecule has 1 aromatic rings. The van der Waals surface area contributed by atoms with Crippen LogP contribution in [0, 0.1) is 0 Å². The van der Waals surface area contributed by atoms with Crippen LogP contribution in [0.4, 0.5) is 0 Å². The molecule has 0 fully saturated rings. The average molecular weight is 344 g/mol. The lowest BCUT2D eigenvalue weighted by Crippen LogP contribution is -2.17. The van der Waals surface area contributed by atoms with E-state index < -0.39 is 5.97 Å². The van der Waals surface area contributed by atoms with Crippen LogP contribution in [0.3, 0.4) is 0 Å². The Morgan fingerprint density at radius 1 is 1.24 bits per heavy atom. The molecule has 0 atom stereocenters. The SMILES string of the molecule is CCOC(=O)/C(=C\COCc1ccc(OC)cc1)C1=CCCCC1=O. The van der Waals surface area contributed by atoms with Crippen LogP contribution in [0.5, 0.6) is 5.75 Å². The van der Waals surface area contributed by atoms with Gasteiger partial charge in [-0.25, -0.2) is 4.79 Å². The second-order valence-corrected chi connectivity index (χ2v) is 5.63. The molecule has 0 spiro atoms. The largest absolute Gasteiger partial charge is 0.497 e. The third-order valence-corrected chi connectivity index (χ3v) is 3.88. The third-order valence-electron chi connectivity index (χ3n) is 3.88. The van der Waals surface area contributed by atoms with Gasteiger partial charge in [-0.2, -0.15) is 0 Å². The quantitative estimate of drug-likeness (QED) is 0.411. The van der Waals surface area contributed by atoms with E-state index in [9.17, 15) is 9.59 Å². The molecule has 0 saturated carbocycles. The lowest BCUT2D eigenvalue weighted by molar-refractivity contribution is -0.138. The average Bonchev–Trinajstić information content (AvgIpc) is 2.63. The monoisotopic (exact) mass is 344 g/mol. The lowest BCUT2D eigenvalue weighted by atomic mass is 9.92. The summed E-state index contributed by atoms with van der Waals surface area (Å²) in [6.07, 6.45) is 5.54. The van der Waals surface area contributed by atoms with Gasteiger partial charge in [-0.05, 0) is 43.5 Å². The van der Waals surface area contributed by atoms with Crippen LogP contribution in [-0.2, 0) is 25.7 Å². The van der Waals surface area contributed by atoms with Crippen LogP contribution in [0.25, 0.3) is 0 Å². The third kappa shape index (κ3) is 5.57. The van der Waals surface area contributed by atoms with E-state index in [1.165, 1.54) is 0 Å². The number of ketones is 1. The van der Waals surface area contributed by atoms with Gasteiger partial charge in [-0.1, -0.05) is 18.2 Å². The van der Waals surface area contributed by atoms with Gasteiger partial charge in [-0.3, -0.25) is 4.79 Å². The first-order valence-corrected chi connectivity index (χ1v) is 8.47. The second-order valence-electron chi connectivity index (χ2n) is 5.63. The minimum Gasteiger partial charge on any atom is -0.497 e. The van der Waals surface area contributed by atoms with Crippen LogP contribution in [-0.4, -0.2) is 32.1 Å². The van der Waals surface area contributed by atoms with Crippen molar-refractivity contribution < 1.29 is 23.8 Å². The molecule has 0 radical (unpaired) electrons. The first-order valence-electron chi connectivity index (χ1n) is 8.47. The number of hydrogen-bond donors (Lipinski definition) is 0. The summed E-state index contributed by atoms with van der Waals surface area (Å²) in [6.45, 7) is 2.64. The fourth-order valence-electron chi connectivity index (χ4n) is 2.57. The molecule has 1 aromatic carbocycles. The molecule has 0 saturated heterocycles. The Morgan fingerprint density at radius 3 is 2.64 bits per heavy atom. The topological polar surface area (TPSA) is 61.8 Å². The molecule has 1 aliphatic carbocycles. The highest BCUT2D eigenvalue weighted by Gasteiger charge is 2.23. The Balaban J connectivity index is 2.00. The summed E-state index contributed by atoms with van der Waals surface area (Å²) in [7, 11) is 1.62. The van der Waals surface area contributed by atoms with Crippen molar-refractivity contribution in [2.75, 3.05) is 20.3 Å². The maximum Gasteiger partial charge on any atom is 0.338 e. The Morgan fingerprint density at radius 2 is 2.00 bits per heavy atom. The summed E-state index contributed by atoms with van der Waals surface area (Å²) in [5.41, 5.74) is 1.76. The fraction of sp³-hybridized carbons (Fsp3) is 0.400. The number of allylic oxidation sites excluding steroid dienone is 1. The van der Waals surface area contributed by atoms with Crippen molar-refractivity contribution in [3.05, 3.63) is 53.1 Å². The molecule has 0 heterocycles. The van der Waals surface area contributed by atoms with Crippen LogP contribution in [0.1, 0.15) is 31.7 Å². The molecule has 25 heavy (non-hydrogen) atoms. The summed E-state index contributed by atoms with van der Waals surface area (Å²) in [5, 5.41) is 0. The Hall–Kier alpha value is -2.40. The summed E-state index contributed by atoms with van der Waals surface area (Å²) in [4.78, 5) is 24.3. The van der Waals surface area contributed by atoms with Crippen molar-refractivity contribution in [1.29, 1.82) is 0 Å². The zero-order valence-electron chi connectivity index (χ0n) is 14.7. The number of benzene rings is 1. The first-order chi connectivity index (χ1) is 12.2. The molecule has 0 aromatic heterocycles. The van der Waals surface area contributed by atoms with E-state index in [2.05, 4.69) is 0 Å². The molecule has 5 nitrogen and oxygen atoms in total. The van der Waals surface area contributed by atoms with E-state index in [-0.39, 0.29) is 19.0 Å². The molecule has 1 aliphatic rings. The standard InChI is InChI=1S/C20H24O5/c1-3-25-20(22)18(17-6-4-5-7-19(17)21)12-13-24-14-15-8-10-16(23-2)11-9-15/h6,8-12H,3-5,7,13-14H2,1-2H3/b18-12-. The predicted octanol–water partition coefficient (Wildman–Crippen LogP) is 3.38. The van der Waals surface area contributed by atoms with Crippen molar-refractivity contribution >= 4 is 11.8 Å². The highest BCUT2D eigenvalue weighted by atomic mass is 16.5. The Kier molecular flexibility index (Phi) is 7.41. The van der Waals surface area contributed by atoms with Crippen LogP contribution in [0.15, 0.2) is 47.6 Å². The van der Waals surface area contributed by atoms with Gasteiger partial charge >= 0.3 is 5.97 Å². The number of esters is 1. The Labute approximate surface area is 148 Å². The van der Waals surface area contributed by atoms with Gasteiger partial charge in [-0.15, -0.1) is 0 Å². The maximum absolute atomic E-state index is 12.2. The van der Waals surface area contributed by atoms with E-state index in [0.29, 0.717) is 24.2 Å². The first kappa shape index (κ1) is 18.9. The number of rotatable bonds is 8. The zero-order chi connectivity index (χ0) is 18.1. The van der Waals surface area contributed by atoms with Crippen molar-refractivity contribution in [3.63, 3.8) is 0 Å². The molecular weight excluding hydrogens is 320 g/mol. The molecule has 0 amide bonds. The van der Waals surface area contributed by atoms with Crippen molar-refractivity contribution in [2.45, 2.75) is 32.8 Å². The van der Waals surface area contributed by atoms with Crippen molar-refractivity contribution in [2.24, 2.45) is 0 Å². The molecule has 134 valence electrons. The van der Waals surface area contributed by atoms with Gasteiger partial charge in [0.05, 0.1) is 32.5 Å². The smallest absolute Gasteiger partial charge is 0.338 e. The van der Waals surface area contributed by atoms with Crippen LogP contribution < -0.4 is 4.74 Å². The van der Waals surface area contributed by atoms with E-state index in [0.717, 1.165) is 24.2 Å². The molecule has 0 N–H and O–H groups in total. The number of Topliss-reactive ketones (excluding diaryl/α,β-unsaturated/α-hetero) is 1. The van der Waals surface area contributed by atoms with Gasteiger partial charge < -0.3 is 14.2 Å². The van der Waals surface area contributed by atoms with Gasteiger partial charge in [0.25, 0.3) is 0 Å². The van der Waals surface area contributed by atoms with Gasteiger partial charge in [0, 0.05) is 12.0 Å². The Bertz CT molecular complexity index is 655. The fourth-order valence-corrected chi connectivity index (χ4v) is 2.57. The minimum atomic E-state index is -0.475. The second kappa shape index (κ2) is 9.79. The maximum atomic E-state index is 12.2. The van der Waals surface area contributed by atoms with E-state index in [4.69, 9.17) is 14.2 Å². The molecule has 5 heteroatoms. The predicted molar refractivity (Wildman–Crippen MR) is 94.3 cm³/mol. The number of methoxy groups -OCH3 is 1. The van der Waals surface area contributed by atoms with Crippen molar-refractivity contribution in [1.82, 2.24) is 0 Å². The minimum absolute atomic E-state index is 0.0132. The highest BCUT2D eigenvalue weighted by Crippen LogP contribution is 2.22. The number of carbonyl (C=O) groups is 2. The number of hydrogen-bond acceptors (Lipinski definition) is 5. The molecule has 2 rings (SSSR count). The zero-order valence-corrected chi connectivity index (χ0v) is 14.7. The molecule has 0 unspecified atom stereocenters. The summed E-state index contributed by atoms with van der Waals surface area (Å²) in [6, 6.07) is 7.57. The summed E-state index contributed by atoms with van der Waals surface area (Å²) in [5.74, 6) is 0.300. The van der Waals surface area contributed by atoms with E-state index in [1.807, 2.05) is 30.3 Å². The summed E-state index contributed by atoms with van der Waals surface area (Å²) >= 11 is 0. The number of ether oxygens (including phenoxy) is 3. The molecule has 0 aliphatic heterocycles. The van der Waals surface area contributed by atoms with Crippen LogP contribution in [0.2, 0.25) is 0 Å². The summed E-state index contributed by atoms with van der Waals surface area (Å²) < 4.78 is 15.8. The van der Waals surface area contributed by atoms with Gasteiger partial charge in [0.15, 0.2) is 5.78 Å². The van der Waals surface area contributed by atoms with Gasteiger partial charge in [0.2, 0.25) is 0 Å². The van der Waals surface area contributed by atoms with E-state index >= 15 is 0 Å². The molecule has 0 bridgehead atoms. The van der Waals surface area contributed by atoms with Gasteiger partial charge in [0.1, 0.15) is 5.75 Å². The van der Waals surface area contributed by atoms with Crippen molar-refractivity contribution in [3.8, 4) is 5.75 Å². The highest BCUT2D eigenvalue weighted by molar-refractivity contribution is 6.10. The normalized spacial score (nSPS) is 14.9. The lowest BCUT2D eigenvalue weighted by Gasteiger charge is -2.14. The van der Waals surface area contributed by atoms with E-state index in [1.54, 1.807) is 20.1 Å².